The van der Waals surface area contributed by atoms with Gasteiger partial charge in [-0.1, -0.05) is 6.07 Å². The third-order valence-corrected chi connectivity index (χ3v) is 3.89. The molecule has 0 unspecified atom stereocenters. The van der Waals surface area contributed by atoms with E-state index in [2.05, 4.69) is 33.3 Å². The fourth-order valence-corrected chi connectivity index (χ4v) is 2.87. The van der Waals surface area contributed by atoms with E-state index in [4.69, 9.17) is 4.74 Å². The molecule has 0 fully saturated rings. The SMILES string of the molecule is CCOc1cccc2c1ccn2Cc1csc(C)n1. The highest BCUT2D eigenvalue weighted by Crippen LogP contribution is 2.27. The number of aromatic nitrogens is 2. The molecule has 0 N–H and O–H groups in total. The van der Waals surface area contributed by atoms with Crippen molar-refractivity contribution in [2.24, 2.45) is 0 Å². The highest BCUT2D eigenvalue weighted by Gasteiger charge is 2.07. The number of aryl methyl sites for hydroxylation is 1. The molecule has 19 heavy (non-hydrogen) atoms. The van der Waals surface area contributed by atoms with Crippen molar-refractivity contribution in [3.63, 3.8) is 0 Å². The first-order chi connectivity index (χ1) is 9.28. The molecule has 0 bridgehead atoms. The van der Waals surface area contributed by atoms with Crippen LogP contribution in [-0.4, -0.2) is 16.2 Å². The van der Waals surface area contributed by atoms with Crippen molar-refractivity contribution in [3.05, 3.63) is 46.5 Å². The van der Waals surface area contributed by atoms with Gasteiger partial charge >= 0.3 is 0 Å². The second-order valence-corrected chi connectivity index (χ2v) is 5.49. The Bertz CT molecular complexity index is 699. The lowest BCUT2D eigenvalue weighted by Crippen LogP contribution is -1.98. The van der Waals surface area contributed by atoms with Gasteiger partial charge in [0.25, 0.3) is 0 Å². The first kappa shape index (κ1) is 12.2. The van der Waals surface area contributed by atoms with Crippen molar-refractivity contribution in [3.8, 4) is 5.75 Å². The van der Waals surface area contributed by atoms with E-state index in [1.54, 1.807) is 11.3 Å². The standard InChI is InChI=1S/C15H16N2OS/c1-3-18-15-6-4-5-14-13(15)7-8-17(14)9-12-10-19-11(2)16-12/h4-8,10H,3,9H2,1-2H3. The molecule has 0 atom stereocenters. The number of ether oxygens (including phenoxy) is 1. The molecule has 4 heteroatoms. The van der Waals surface area contributed by atoms with Crippen LogP contribution >= 0.6 is 11.3 Å². The van der Waals surface area contributed by atoms with Crippen molar-refractivity contribution >= 4 is 22.2 Å². The van der Waals surface area contributed by atoms with Gasteiger partial charge in [-0.3, -0.25) is 0 Å². The Balaban J connectivity index is 1.98. The van der Waals surface area contributed by atoms with Gasteiger partial charge < -0.3 is 9.30 Å². The molecular formula is C15H16N2OS. The highest BCUT2D eigenvalue weighted by molar-refractivity contribution is 7.09. The van der Waals surface area contributed by atoms with Gasteiger partial charge in [0.15, 0.2) is 0 Å². The monoisotopic (exact) mass is 272 g/mol. The third-order valence-electron chi connectivity index (χ3n) is 3.07. The lowest BCUT2D eigenvalue weighted by molar-refractivity contribution is 0.344. The number of rotatable bonds is 4. The maximum Gasteiger partial charge on any atom is 0.128 e. The molecule has 0 saturated heterocycles. The molecule has 3 aromatic rings. The van der Waals surface area contributed by atoms with Gasteiger partial charge in [-0.2, -0.15) is 0 Å². The molecule has 0 aliphatic heterocycles. The summed E-state index contributed by atoms with van der Waals surface area (Å²) in [4.78, 5) is 4.52. The number of hydrogen-bond donors (Lipinski definition) is 0. The number of benzene rings is 1. The van der Waals surface area contributed by atoms with Gasteiger partial charge in [0.1, 0.15) is 5.75 Å². The summed E-state index contributed by atoms with van der Waals surface area (Å²) in [5, 5.41) is 4.39. The first-order valence-electron chi connectivity index (χ1n) is 6.39. The van der Waals surface area contributed by atoms with Crippen LogP contribution in [-0.2, 0) is 6.54 Å². The van der Waals surface area contributed by atoms with Crippen LogP contribution in [0, 0.1) is 6.92 Å². The van der Waals surface area contributed by atoms with Gasteiger partial charge in [-0.05, 0) is 32.0 Å². The van der Waals surface area contributed by atoms with Gasteiger partial charge in [0, 0.05) is 17.0 Å². The quantitative estimate of drug-likeness (QED) is 0.721. The molecule has 3 nitrogen and oxygen atoms in total. The molecule has 0 aliphatic rings. The van der Waals surface area contributed by atoms with Crippen LogP contribution in [0.3, 0.4) is 0 Å². The maximum absolute atomic E-state index is 5.66. The molecule has 0 amide bonds. The number of fused-ring (bicyclic) bond motifs is 1. The van der Waals surface area contributed by atoms with Crippen LogP contribution in [0.1, 0.15) is 17.6 Å². The lowest BCUT2D eigenvalue weighted by Gasteiger charge is -2.06. The average molecular weight is 272 g/mol. The van der Waals surface area contributed by atoms with Gasteiger partial charge in [-0.15, -0.1) is 11.3 Å². The van der Waals surface area contributed by atoms with E-state index in [9.17, 15) is 0 Å². The minimum absolute atomic E-state index is 0.690. The number of thiazole rings is 1. The molecule has 0 spiro atoms. The summed E-state index contributed by atoms with van der Waals surface area (Å²) in [6, 6.07) is 8.29. The maximum atomic E-state index is 5.66. The zero-order valence-electron chi connectivity index (χ0n) is 11.1. The van der Waals surface area contributed by atoms with Crippen LogP contribution < -0.4 is 4.74 Å². The molecule has 2 aromatic heterocycles. The topological polar surface area (TPSA) is 27.1 Å². The predicted octanol–water partition coefficient (Wildman–Crippen LogP) is 3.85. The molecule has 3 rings (SSSR count). The fraction of sp³-hybridized carbons (Fsp3) is 0.267. The summed E-state index contributed by atoms with van der Waals surface area (Å²) in [7, 11) is 0. The van der Waals surface area contributed by atoms with Gasteiger partial charge in [0.2, 0.25) is 0 Å². The summed E-state index contributed by atoms with van der Waals surface area (Å²) in [6.07, 6.45) is 2.10. The first-order valence-corrected chi connectivity index (χ1v) is 7.27. The minimum atomic E-state index is 0.690. The third kappa shape index (κ3) is 2.36. The van der Waals surface area contributed by atoms with Crippen LogP contribution in [0.2, 0.25) is 0 Å². The van der Waals surface area contributed by atoms with Crippen LogP contribution in [0.4, 0.5) is 0 Å². The zero-order valence-corrected chi connectivity index (χ0v) is 11.9. The van der Waals surface area contributed by atoms with Crippen molar-refractivity contribution in [1.82, 2.24) is 9.55 Å². The van der Waals surface area contributed by atoms with E-state index in [0.29, 0.717) is 6.61 Å². The molecule has 98 valence electrons. The Morgan fingerprint density at radius 1 is 1.32 bits per heavy atom. The van der Waals surface area contributed by atoms with Crippen molar-refractivity contribution in [2.75, 3.05) is 6.61 Å². The Kier molecular flexibility index (Phi) is 3.25. The van der Waals surface area contributed by atoms with E-state index >= 15 is 0 Å². The average Bonchev–Trinajstić information content (AvgIpc) is 2.99. The van der Waals surface area contributed by atoms with E-state index in [-0.39, 0.29) is 0 Å². The minimum Gasteiger partial charge on any atom is -0.493 e. The molecule has 0 aliphatic carbocycles. The summed E-state index contributed by atoms with van der Waals surface area (Å²) >= 11 is 1.69. The number of hydrogen-bond acceptors (Lipinski definition) is 3. The van der Waals surface area contributed by atoms with Crippen molar-refractivity contribution in [1.29, 1.82) is 0 Å². The van der Waals surface area contributed by atoms with Crippen LogP contribution in [0.5, 0.6) is 5.75 Å². The lowest BCUT2D eigenvalue weighted by atomic mass is 10.2. The zero-order chi connectivity index (χ0) is 13.2. The van der Waals surface area contributed by atoms with Gasteiger partial charge in [0.05, 0.1) is 29.4 Å². The largest absolute Gasteiger partial charge is 0.493 e. The summed E-state index contributed by atoms with van der Waals surface area (Å²) < 4.78 is 7.87. The normalized spacial score (nSPS) is 11.1. The summed E-state index contributed by atoms with van der Waals surface area (Å²) in [5.74, 6) is 0.952. The Morgan fingerprint density at radius 3 is 2.95 bits per heavy atom. The summed E-state index contributed by atoms with van der Waals surface area (Å²) in [6.45, 7) is 5.54. The van der Waals surface area contributed by atoms with E-state index in [1.807, 2.05) is 26.0 Å². The Hall–Kier alpha value is -1.81. The summed E-state index contributed by atoms with van der Waals surface area (Å²) in [5.41, 5.74) is 2.30. The Morgan fingerprint density at radius 2 is 2.21 bits per heavy atom. The second-order valence-electron chi connectivity index (χ2n) is 4.42. The van der Waals surface area contributed by atoms with E-state index in [0.717, 1.165) is 28.4 Å². The predicted molar refractivity (Wildman–Crippen MR) is 79.1 cm³/mol. The fourth-order valence-electron chi connectivity index (χ4n) is 2.27. The molecular weight excluding hydrogens is 256 g/mol. The van der Waals surface area contributed by atoms with E-state index in [1.165, 1.54) is 5.52 Å². The molecule has 1 aromatic carbocycles. The Labute approximate surface area is 116 Å². The molecule has 0 radical (unpaired) electrons. The van der Waals surface area contributed by atoms with Crippen molar-refractivity contribution in [2.45, 2.75) is 20.4 Å². The second kappa shape index (κ2) is 5.05. The van der Waals surface area contributed by atoms with Gasteiger partial charge in [-0.25, -0.2) is 4.98 Å². The van der Waals surface area contributed by atoms with Crippen molar-refractivity contribution < 1.29 is 4.74 Å². The van der Waals surface area contributed by atoms with Crippen LogP contribution in [0.25, 0.3) is 10.9 Å². The number of nitrogens with zero attached hydrogens (tertiary/aromatic N) is 2. The van der Waals surface area contributed by atoms with Crippen LogP contribution in [0.15, 0.2) is 35.8 Å². The van der Waals surface area contributed by atoms with E-state index < -0.39 is 0 Å². The smallest absolute Gasteiger partial charge is 0.128 e. The highest BCUT2D eigenvalue weighted by atomic mass is 32.1. The molecule has 2 heterocycles. The molecule has 0 saturated carbocycles.